The monoisotopic (exact) mass is 430 g/mol. The fourth-order valence-corrected chi connectivity index (χ4v) is 3.36. The average Bonchev–Trinajstić information content (AvgIpc) is 2.59. The molecule has 0 spiro atoms. The fraction of sp³-hybridized carbons (Fsp3) is 0.833. The van der Waals surface area contributed by atoms with Crippen LogP contribution >= 0.6 is 0 Å². The molecule has 2 amide bonds. The van der Waals surface area contributed by atoms with Gasteiger partial charge in [-0.15, -0.1) is 0 Å². The highest BCUT2D eigenvalue weighted by atomic mass is 16.7. The molecular weight excluding hydrogens is 396 g/mol. The molecule has 0 bridgehead atoms. The molecule has 0 aromatic heterocycles. The quantitative estimate of drug-likeness (QED) is 0.173. The lowest BCUT2D eigenvalue weighted by atomic mass is 9.86. The third-order valence-electron chi connectivity index (χ3n) is 4.93. The van der Waals surface area contributed by atoms with Gasteiger partial charge in [0.2, 0.25) is 5.91 Å². The normalized spacial score (nSPS) is 22.1. The third kappa shape index (κ3) is 8.91. The summed E-state index contributed by atoms with van der Waals surface area (Å²) in [4.78, 5) is 36.8. The molecular formula is C18H34N6O6. The van der Waals surface area contributed by atoms with E-state index in [0.717, 1.165) is 0 Å². The van der Waals surface area contributed by atoms with E-state index in [9.17, 15) is 24.8 Å². The van der Waals surface area contributed by atoms with Gasteiger partial charge in [0, 0.05) is 6.54 Å². The van der Waals surface area contributed by atoms with Crippen molar-refractivity contribution in [3.8, 4) is 0 Å². The first kappa shape index (κ1) is 25.6. The molecule has 1 rings (SSSR count). The summed E-state index contributed by atoms with van der Waals surface area (Å²) < 4.78 is 5.46. The lowest BCUT2D eigenvalue weighted by Gasteiger charge is -2.36. The number of hydrogen-bond donors (Lipinski definition) is 4. The summed E-state index contributed by atoms with van der Waals surface area (Å²) in [7, 11) is 0. The number of nitrogens with two attached hydrogens (primary N) is 3. The molecule has 1 aliphatic rings. The molecule has 12 nitrogen and oxygen atoms in total. The van der Waals surface area contributed by atoms with Gasteiger partial charge in [-0.1, -0.05) is 0 Å². The van der Waals surface area contributed by atoms with Gasteiger partial charge < -0.3 is 27.0 Å². The molecule has 0 radical (unpaired) electrons. The Balaban J connectivity index is 2.98. The highest BCUT2D eigenvalue weighted by Crippen LogP contribution is 2.27. The SMILES string of the molecule is CC(C)(C)OC(=O)N(CC1CCC(O)CC1)[C@@H](CCC(N)C(N)=N[N+](=O)[O-])C(N)=O. The molecule has 172 valence electrons. The van der Waals surface area contributed by atoms with Crippen LogP contribution in [0.2, 0.25) is 0 Å². The van der Waals surface area contributed by atoms with Crippen molar-refractivity contribution in [3.05, 3.63) is 10.1 Å². The molecule has 0 aromatic rings. The zero-order valence-corrected chi connectivity index (χ0v) is 17.8. The number of primary amides is 1. The number of hydrogen-bond acceptors (Lipinski definition) is 7. The number of amides is 2. The first-order valence-corrected chi connectivity index (χ1v) is 10.0. The van der Waals surface area contributed by atoms with Gasteiger partial charge in [0.25, 0.3) is 0 Å². The molecule has 0 aliphatic heterocycles. The maximum atomic E-state index is 12.8. The first-order chi connectivity index (χ1) is 13.8. The van der Waals surface area contributed by atoms with Gasteiger partial charge in [0.05, 0.1) is 17.2 Å². The second-order valence-electron chi connectivity index (χ2n) is 8.67. The number of aliphatic hydroxyl groups is 1. The summed E-state index contributed by atoms with van der Waals surface area (Å²) in [5.41, 5.74) is 16.1. The number of ether oxygens (including phenoxy) is 1. The molecule has 0 saturated heterocycles. The molecule has 1 fully saturated rings. The number of carbonyl (C=O) groups is 2. The van der Waals surface area contributed by atoms with Gasteiger partial charge in [0.15, 0.2) is 10.9 Å². The number of hydrazone groups is 1. The van der Waals surface area contributed by atoms with Crippen molar-refractivity contribution in [2.45, 2.75) is 83.1 Å². The predicted molar refractivity (Wildman–Crippen MR) is 110 cm³/mol. The Bertz CT molecular complexity index is 642. The molecule has 7 N–H and O–H groups in total. The highest BCUT2D eigenvalue weighted by molar-refractivity contribution is 5.86. The summed E-state index contributed by atoms with van der Waals surface area (Å²) in [6.07, 6.45) is 1.70. The number of aliphatic hydroxyl groups excluding tert-OH is 1. The number of nitrogens with zero attached hydrogens (tertiary/aromatic N) is 3. The van der Waals surface area contributed by atoms with Crippen molar-refractivity contribution in [3.63, 3.8) is 0 Å². The van der Waals surface area contributed by atoms with Gasteiger partial charge in [0.1, 0.15) is 11.6 Å². The molecule has 12 heteroatoms. The summed E-state index contributed by atoms with van der Waals surface area (Å²) in [6, 6.07) is -2.00. The fourth-order valence-electron chi connectivity index (χ4n) is 3.36. The molecule has 0 heterocycles. The molecule has 0 aromatic carbocycles. The summed E-state index contributed by atoms with van der Waals surface area (Å²) in [6.45, 7) is 5.38. The van der Waals surface area contributed by atoms with E-state index in [0.29, 0.717) is 25.7 Å². The number of rotatable bonds is 9. The van der Waals surface area contributed by atoms with Gasteiger partial charge >= 0.3 is 6.09 Å². The second-order valence-corrected chi connectivity index (χ2v) is 8.67. The molecule has 30 heavy (non-hydrogen) atoms. The Morgan fingerprint density at radius 3 is 2.27 bits per heavy atom. The van der Waals surface area contributed by atoms with Gasteiger partial charge in [-0.05, 0) is 65.2 Å². The van der Waals surface area contributed by atoms with Crippen LogP contribution in [0.3, 0.4) is 0 Å². The minimum atomic E-state index is -1.03. The molecule has 1 unspecified atom stereocenters. The van der Waals surface area contributed by atoms with Crippen LogP contribution in [-0.4, -0.2) is 63.2 Å². The number of amidine groups is 1. The van der Waals surface area contributed by atoms with Crippen LogP contribution in [0.5, 0.6) is 0 Å². The average molecular weight is 431 g/mol. The number of carbonyl (C=O) groups excluding carboxylic acids is 2. The lowest BCUT2D eigenvalue weighted by Crippen LogP contribution is -2.52. The minimum Gasteiger partial charge on any atom is -0.444 e. The Morgan fingerprint density at radius 1 is 1.23 bits per heavy atom. The van der Waals surface area contributed by atoms with Crippen molar-refractivity contribution in [1.82, 2.24) is 4.90 Å². The predicted octanol–water partition coefficient (Wildman–Crippen LogP) is 0.285. The minimum absolute atomic E-state index is 0.0407. The molecule has 1 saturated carbocycles. The van der Waals surface area contributed by atoms with Crippen molar-refractivity contribution in [1.29, 1.82) is 0 Å². The van der Waals surface area contributed by atoms with Crippen LogP contribution < -0.4 is 17.2 Å². The standard InChI is InChI=1S/C18H34N6O6/c1-18(2,3)30-17(27)23(10-11-4-6-12(25)7-5-11)14(16(21)26)9-8-13(19)15(20)22-24(28)29/h11-14,25H,4-10,19H2,1-3H3,(H2,20,22)(H2,21,26)/t11?,12?,13?,14-/m0/s1. The Morgan fingerprint density at radius 2 is 1.80 bits per heavy atom. The molecule has 1 aliphatic carbocycles. The zero-order valence-electron chi connectivity index (χ0n) is 17.8. The topological polar surface area (TPSA) is 200 Å². The summed E-state index contributed by atoms with van der Waals surface area (Å²) in [5.74, 6) is -1.04. The lowest BCUT2D eigenvalue weighted by molar-refractivity contribution is -0.485. The van der Waals surface area contributed by atoms with E-state index in [1.807, 2.05) is 0 Å². The van der Waals surface area contributed by atoms with Gasteiger partial charge in [-0.3, -0.25) is 9.69 Å². The van der Waals surface area contributed by atoms with Crippen LogP contribution in [0.4, 0.5) is 4.79 Å². The molecule has 2 atom stereocenters. The van der Waals surface area contributed by atoms with Gasteiger partial charge in [-0.25, -0.2) is 14.9 Å². The number of nitro groups is 1. The van der Waals surface area contributed by atoms with Crippen LogP contribution in [0.25, 0.3) is 0 Å². The van der Waals surface area contributed by atoms with Gasteiger partial charge in [-0.2, -0.15) is 0 Å². The Labute approximate surface area is 175 Å². The third-order valence-corrected chi connectivity index (χ3v) is 4.93. The maximum absolute atomic E-state index is 12.8. The summed E-state index contributed by atoms with van der Waals surface area (Å²) in [5, 5.41) is 22.2. The second kappa shape index (κ2) is 11.1. The van der Waals surface area contributed by atoms with E-state index in [2.05, 4.69) is 5.10 Å². The van der Waals surface area contributed by atoms with E-state index in [1.165, 1.54) is 4.90 Å². The zero-order chi connectivity index (χ0) is 23.1. The van der Waals surface area contributed by atoms with Crippen molar-refractivity contribution >= 4 is 17.8 Å². The maximum Gasteiger partial charge on any atom is 0.410 e. The first-order valence-electron chi connectivity index (χ1n) is 10.0. The summed E-state index contributed by atoms with van der Waals surface area (Å²) >= 11 is 0. The van der Waals surface area contributed by atoms with E-state index in [4.69, 9.17) is 21.9 Å². The highest BCUT2D eigenvalue weighted by Gasteiger charge is 2.35. The van der Waals surface area contributed by atoms with E-state index in [1.54, 1.807) is 20.8 Å². The Kier molecular flexibility index (Phi) is 9.43. The largest absolute Gasteiger partial charge is 0.444 e. The van der Waals surface area contributed by atoms with Crippen molar-refractivity contribution in [2.75, 3.05) is 6.54 Å². The van der Waals surface area contributed by atoms with Crippen molar-refractivity contribution in [2.24, 2.45) is 28.2 Å². The Hall–Kier alpha value is -2.47. The smallest absolute Gasteiger partial charge is 0.410 e. The van der Waals surface area contributed by atoms with E-state index >= 15 is 0 Å². The van der Waals surface area contributed by atoms with Crippen molar-refractivity contribution < 1.29 is 24.5 Å². The van der Waals surface area contributed by atoms with E-state index < -0.39 is 34.7 Å². The van der Waals surface area contributed by atoms with Crippen LogP contribution in [0.15, 0.2) is 5.10 Å². The van der Waals surface area contributed by atoms with Crippen LogP contribution in [0, 0.1) is 16.0 Å². The van der Waals surface area contributed by atoms with Crippen LogP contribution in [-0.2, 0) is 9.53 Å². The van der Waals surface area contributed by atoms with E-state index in [-0.39, 0.29) is 37.2 Å². The van der Waals surface area contributed by atoms with Crippen LogP contribution in [0.1, 0.15) is 59.3 Å².